The summed E-state index contributed by atoms with van der Waals surface area (Å²) in [5.41, 5.74) is 2.25. The van der Waals surface area contributed by atoms with Crippen molar-refractivity contribution >= 4 is 46.9 Å². The second-order valence-corrected chi connectivity index (χ2v) is 5.96. The van der Waals surface area contributed by atoms with Gasteiger partial charge in [-0.15, -0.1) is 24.0 Å². The van der Waals surface area contributed by atoms with Gasteiger partial charge in [-0.3, -0.25) is 4.99 Å². The molecule has 0 bridgehead atoms. The topological polar surface area (TPSA) is 73.0 Å². The monoisotopic (exact) mass is 471 g/mol. The number of aromatic amines is 1. The van der Waals surface area contributed by atoms with E-state index in [1.54, 1.807) is 11.9 Å². The second kappa shape index (κ2) is 9.65. The van der Waals surface area contributed by atoms with E-state index < -0.39 is 0 Å². The standard InChI is InChI=1S/C18H25N5O2.HI/c1-3-25-18(24)23-10-8-22(9-11-23)17(19-2)20-13-15-12-14-6-4-5-7-16(14)21-15;/h4-7,12,21H,3,8-11,13H2,1-2H3,(H,19,20);1H. The molecule has 0 aliphatic carbocycles. The Balaban J connectivity index is 0.00000243. The Morgan fingerprint density at radius 2 is 1.92 bits per heavy atom. The van der Waals surface area contributed by atoms with Crippen LogP contribution in [0.2, 0.25) is 0 Å². The van der Waals surface area contributed by atoms with Crippen molar-refractivity contribution in [2.24, 2.45) is 4.99 Å². The van der Waals surface area contributed by atoms with Crippen LogP contribution < -0.4 is 5.32 Å². The van der Waals surface area contributed by atoms with Gasteiger partial charge in [0.15, 0.2) is 5.96 Å². The van der Waals surface area contributed by atoms with Crippen molar-refractivity contribution in [1.82, 2.24) is 20.1 Å². The lowest BCUT2D eigenvalue weighted by Gasteiger charge is -2.35. The summed E-state index contributed by atoms with van der Waals surface area (Å²) in [5.74, 6) is 0.849. The molecule has 2 aromatic rings. The number of carbonyl (C=O) groups excluding carboxylic acids is 1. The van der Waals surface area contributed by atoms with Gasteiger partial charge in [0, 0.05) is 44.4 Å². The van der Waals surface area contributed by atoms with Crippen LogP contribution in [0.5, 0.6) is 0 Å². The lowest BCUT2D eigenvalue weighted by molar-refractivity contribution is 0.0914. The summed E-state index contributed by atoms with van der Waals surface area (Å²) >= 11 is 0. The van der Waals surface area contributed by atoms with Gasteiger partial charge in [0.25, 0.3) is 0 Å². The highest BCUT2D eigenvalue weighted by molar-refractivity contribution is 14.0. The van der Waals surface area contributed by atoms with Gasteiger partial charge in [-0.1, -0.05) is 18.2 Å². The van der Waals surface area contributed by atoms with E-state index in [9.17, 15) is 4.79 Å². The van der Waals surface area contributed by atoms with Crippen molar-refractivity contribution < 1.29 is 9.53 Å². The molecule has 7 nitrogen and oxygen atoms in total. The second-order valence-electron chi connectivity index (χ2n) is 5.96. The number of H-pyrrole nitrogens is 1. The lowest BCUT2D eigenvalue weighted by atomic mass is 10.2. The molecule has 8 heteroatoms. The van der Waals surface area contributed by atoms with Gasteiger partial charge in [-0.25, -0.2) is 4.79 Å². The highest BCUT2D eigenvalue weighted by Gasteiger charge is 2.23. The number of hydrogen-bond donors (Lipinski definition) is 2. The average Bonchev–Trinajstić information content (AvgIpc) is 3.06. The van der Waals surface area contributed by atoms with Gasteiger partial charge >= 0.3 is 6.09 Å². The largest absolute Gasteiger partial charge is 0.450 e. The Morgan fingerprint density at radius 1 is 1.23 bits per heavy atom. The molecule has 142 valence electrons. The number of carbonyl (C=O) groups is 1. The van der Waals surface area contributed by atoms with Crippen molar-refractivity contribution in [1.29, 1.82) is 0 Å². The first-order valence-corrected chi connectivity index (χ1v) is 8.65. The molecule has 3 rings (SSSR count). The quantitative estimate of drug-likeness (QED) is 0.410. The lowest BCUT2D eigenvalue weighted by Crippen LogP contribution is -2.53. The van der Waals surface area contributed by atoms with E-state index in [0.717, 1.165) is 30.3 Å². The third-order valence-corrected chi connectivity index (χ3v) is 4.34. The Bertz CT molecular complexity index is 720. The summed E-state index contributed by atoms with van der Waals surface area (Å²) in [5, 5.41) is 4.60. The Hall–Kier alpha value is -1.97. The number of benzene rings is 1. The number of hydrogen-bond acceptors (Lipinski definition) is 3. The van der Waals surface area contributed by atoms with Crippen LogP contribution in [0.4, 0.5) is 4.79 Å². The van der Waals surface area contributed by atoms with E-state index in [4.69, 9.17) is 4.74 Å². The number of ether oxygens (including phenoxy) is 1. The summed E-state index contributed by atoms with van der Waals surface area (Å²) in [6.07, 6.45) is -0.233. The fourth-order valence-electron chi connectivity index (χ4n) is 3.05. The summed E-state index contributed by atoms with van der Waals surface area (Å²) < 4.78 is 5.06. The van der Waals surface area contributed by atoms with Crippen molar-refractivity contribution in [3.05, 3.63) is 36.0 Å². The predicted octanol–water partition coefficient (Wildman–Crippen LogP) is 2.64. The van der Waals surface area contributed by atoms with Crippen LogP contribution in [0.1, 0.15) is 12.6 Å². The van der Waals surface area contributed by atoms with Crippen molar-refractivity contribution in [2.45, 2.75) is 13.5 Å². The number of halogens is 1. The molecule has 26 heavy (non-hydrogen) atoms. The molecule has 0 radical (unpaired) electrons. The van der Waals surface area contributed by atoms with Crippen molar-refractivity contribution in [2.75, 3.05) is 39.8 Å². The van der Waals surface area contributed by atoms with Crippen LogP contribution in [-0.4, -0.2) is 66.7 Å². The molecule has 0 unspecified atom stereocenters. The van der Waals surface area contributed by atoms with Gasteiger partial charge in [0.05, 0.1) is 13.2 Å². The Kier molecular flexibility index (Phi) is 7.55. The van der Waals surface area contributed by atoms with Gasteiger partial charge in [-0.05, 0) is 24.4 Å². The van der Waals surface area contributed by atoms with Gasteiger partial charge in [0.1, 0.15) is 0 Å². The highest BCUT2D eigenvalue weighted by atomic mass is 127. The fraction of sp³-hybridized carbons (Fsp3) is 0.444. The first-order valence-electron chi connectivity index (χ1n) is 8.65. The van der Waals surface area contributed by atoms with E-state index in [2.05, 4.69) is 38.4 Å². The van der Waals surface area contributed by atoms with Gasteiger partial charge < -0.3 is 24.8 Å². The van der Waals surface area contributed by atoms with E-state index in [1.165, 1.54) is 5.39 Å². The maximum Gasteiger partial charge on any atom is 0.409 e. The number of aliphatic imine (C=N–C) groups is 1. The molecule has 1 aromatic carbocycles. The third kappa shape index (κ3) is 4.80. The highest BCUT2D eigenvalue weighted by Crippen LogP contribution is 2.14. The number of nitrogens with zero attached hydrogens (tertiary/aromatic N) is 3. The SMILES string of the molecule is CCOC(=O)N1CCN(C(=NC)NCc2cc3ccccc3[nH]2)CC1.I. The Labute approximate surface area is 170 Å². The number of para-hydroxylation sites is 1. The van der Waals surface area contributed by atoms with Crippen LogP contribution >= 0.6 is 24.0 Å². The summed E-state index contributed by atoms with van der Waals surface area (Å²) in [7, 11) is 1.78. The fourth-order valence-corrected chi connectivity index (χ4v) is 3.05. The first-order chi connectivity index (χ1) is 12.2. The maximum atomic E-state index is 11.8. The zero-order chi connectivity index (χ0) is 17.6. The minimum Gasteiger partial charge on any atom is -0.450 e. The van der Waals surface area contributed by atoms with E-state index in [0.29, 0.717) is 26.2 Å². The van der Waals surface area contributed by atoms with Crippen molar-refractivity contribution in [3.63, 3.8) is 0 Å². The van der Waals surface area contributed by atoms with Crippen LogP contribution in [0.25, 0.3) is 10.9 Å². The molecular weight excluding hydrogens is 445 g/mol. The zero-order valence-electron chi connectivity index (χ0n) is 15.2. The number of guanidine groups is 1. The molecule has 1 amide bonds. The number of rotatable bonds is 3. The normalized spacial score (nSPS) is 14.9. The van der Waals surface area contributed by atoms with Gasteiger partial charge in [0.2, 0.25) is 0 Å². The predicted molar refractivity (Wildman–Crippen MR) is 114 cm³/mol. The van der Waals surface area contributed by atoms with E-state index >= 15 is 0 Å². The van der Waals surface area contributed by atoms with Crippen molar-refractivity contribution in [3.8, 4) is 0 Å². The Morgan fingerprint density at radius 3 is 2.58 bits per heavy atom. The first kappa shape index (κ1) is 20.3. The van der Waals surface area contributed by atoms with Gasteiger partial charge in [-0.2, -0.15) is 0 Å². The minimum atomic E-state index is -0.233. The van der Waals surface area contributed by atoms with E-state index in [1.807, 2.05) is 19.1 Å². The van der Waals surface area contributed by atoms with Crippen LogP contribution in [0.3, 0.4) is 0 Å². The van der Waals surface area contributed by atoms with Crippen LogP contribution in [0, 0.1) is 0 Å². The summed E-state index contributed by atoms with van der Waals surface area (Å²) in [4.78, 5) is 23.5. The average molecular weight is 471 g/mol. The number of amides is 1. The number of aromatic nitrogens is 1. The smallest absolute Gasteiger partial charge is 0.409 e. The van der Waals surface area contributed by atoms with Crippen LogP contribution in [0.15, 0.2) is 35.3 Å². The molecule has 0 atom stereocenters. The third-order valence-electron chi connectivity index (χ3n) is 4.34. The minimum absolute atomic E-state index is 0. The molecular formula is C18H26IN5O2. The molecule has 1 aliphatic rings. The molecule has 0 saturated carbocycles. The molecule has 2 N–H and O–H groups in total. The molecule has 2 heterocycles. The van der Waals surface area contributed by atoms with Crippen LogP contribution in [-0.2, 0) is 11.3 Å². The van der Waals surface area contributed by atoms with E-state index in [-0.39, 0.29) is 30.1 Å². The number of piperazine rings is 1. The molecule has 1 aliphatic heterocycles. The maximum absolute atomic E-state index is 11.8. The number of nitrogens with one attached hydrogen (secondary N) is 2. The molecule has 1 aromatic heterocycles. The summed E-state index contributed by atoms with van der Waals surface area (Å²) in [6.45, 7) is 5.68. The summed E-state index contributed by atoms with van der Waals surface area (Å²) in [6, 6.07) is 10.4. The molecule has 1 fully saturated rings. The zero-order valence-corrected chi connectivity index (χ0v) is 17.5. The molecule has 0 spiro atoms. The molecule has 1 saturated heterocycles. The number of fused-ring (bicyclic) bond motifs is 1.